The van der Waals surface area contributed by atoms with Crippen LogP contribution in [0.4, 0.5) is 0 Å². The van der Waals surface area contributed by atoms with Crippen LogP contribution in [0.25, 0.3) is 22.3 Å². The average Bonchev–Trinajstić information content (AvgIpc) is 3.01. The molecule has 0 spiro atoms. The predicted octanol–water partition coefficient (Wildman–Crippen LogP) is 3.32. The van der Waals surface area contributed by atoms with Gasteiger partial charge in [0.15, 0.2) is 11.0 Å². The van der Waals surface area contributed by atoms with E-state index in [1.165, 1.54) is 17.3 Å². The van der Waals surface area contributed by atoms with Gasteiger partial charge in [0.2, 0.25) is 0 Å². The molecule has 0 aliphatic rings. The van der Waals surface area contributed by atoms with Crippen molar-refractivity contribution in [2.24, 2.45) is 7.05 Å². The third kappa shape index (κ3) is 3.13. The van der Waals surface area contributed by atoms with E-state index in [1.807, 2.05) is 41.9 Å². The second-order valence-corrected chi connectivity index (χ2v) is 6.99. The Morgan fingerprint density at radius 2 is 1.85 bits per heavy atom. The van der Waals surface area contributed by atoms with Gasteiger partial charge in [-0.1, -0.05) is 53.7 Å². The van der Waals surface area contributed by atoms with Gasteiger partial charge in [0, 0.05) is 12.6 Å². The summed E-state index contributed by atoms with van der Waals surface area (Å²) >= 11 is 1.49. The number of H-pyrrole nitrogens is 1. The monoisotopic (exact) mass is 363 g/mol. The van der Waals surface area contributed by atoms with Crippen molar-refractivity contribution in [3.8, 4) is 11.4 Å². The maximum Gasteiger partial charge on any atom is 0.258 e. The van der Waals surface area contributed by atoms with Gasteiger partial charge in [-0.25, -0.2) is 4.98 Å². The standard InChI is InChI=1S/C19H17N5OS/c1-12-7-9-13(10-8-12)17-22-23-19(24(17)2)26-11-16-20-15-6-4-3-5-14(15)18(25)21-16/h3-10H,11H2,1-2H3,(H,20,21,25). The number of nitrogens with zero attached hydrogens (tertiary/aromatic N) is 4. The number of hydrogen-bond acceptors (Lipinski definition) is 5. The summed E-state index contributed by atoms with van der Waals surface area (Å²) in [4.78, 5) is 19.5. The number of fused-ring (bicyclic) bond motifs is 1. The van der Waals surface area contributed by atoms with Gasteiger partial charge < -0.3 is 9.55 Å². The van der Waals surface area contributed by atoms with Crippen LogP contribution in [-0.4, -0.2) is 24.7 Å². The average molecular weight is 363 g/mol. The normalized spacial score (nSPS) is 11.2. The maximum atomic E-state index is 12.2. The minimum Gasteiger partial charge on any atom is -0.309 e. The maximum absolute atomic E-state index is 12.2. The number of aromatic amines is 1. The predicted molar refractivity (Wildman–Crippen MR) is 103 cm³/mol. The molecule has 2 aromatic heterocycles. The summed E-state index contributed by atoms with van der Waals surface area (Å²) in [5.74, 6) is 1.95. The molecule has 0 atom stereocenters. The summed E-state index contributed by atoms with van der Waals surface area (Å²) in [6.07, 6.45) is 0. The molecule has 0 saturated carbocycles. The number of rotatable bonds is 4. The highest BCUT2D eigenvalue weighted by Gasteiger charge is 2.12. The van der Waals surface area contributed by atoms with Gasteiger partial charge in [-0.15, -0.1) is 10.2 Å². The van der Waals surface area contributed by atoms with Crippen molar-refractivity contribution in [1.82, 2.24) is 24.7 Å². The molecule has 0 aliphatic heterocycles. The van der Waals surface area contributed by atoms with Gasteiger partial charge in [0.1, 0.15) is 5.82 Å². The van der Waals surface area contributed by atoms with Crippen LogP contribution < -0.4 is 5.56 Å². The first kappa shape index (κ1) is 16.5. The molecule has 4 aromatic rings. The van der Waals surface area contributed by atoms with E-state index in [4.69, 9.17) is 0 Å². The van der Waals surface area contributed by atoms with Crippen LogP contribution in [0, 0.1) is 6.92 Å². The van der Waals surface area contributed by atoms with Gasteiger partial charge in [0.05, 0.1) is 16.7 Å². The molecule has 0 unspecified atom stereocenters. The quantitative estimate of drug-likeness (QED) is 0.563. The first-order valence-electron chi connectivity index (χ1n) is 8.19. The number of nitrogens with one attached hydrogen (secondary N) is 1. The van der Waals surface area contributed by atoms with Crippen molar-refractivity contribution >= 4 is 22.7 Å². The van der Waals surface area contributed by atoms with Crippen LogP contribution in [-0.2, 0) is 12.8 Å². The molecule has 1 N–H and O–H groups in total. The summed E-state index contributed by atoms with van der Waals surface area (Å²) < 4.78 is 1.95. The van der Waals surface area contributed by atoms with Crippen molar-refractivity contribution in [3.63, 3.8) is 0 Å². The topological polar surface area (TPSA) is 76.5 Å². The Hall–Kier alpha value is -2.93. The number of hydrogen-bond donors (Lipinski definition) is 1. The lowest BCUT2D eigenvalue weighted by molar-refractivity contribution is 0.793. The van der Waals surface area contributed by atoms with Gasteiger partial charge in [-0.05, 0) is 19.1 Å². The molecule has 0 amide bonds. The number of benzene rings is 2. The zero-order chi connectivity index (χ0) is 18.1. The second kappa shape index (κ2) is 6.76. The summed E-state index contributed by atoms with van der Waals surface area (Å²) in [5.41, 5.74) is 2.81. The Balaban J connectivity index is 1.57. The van der Waals surface area contributed by atoms with E-state index in [1.54, 1.807) is 6.07 Å². The third-order valence-electron chi connectivity index (χ3n) is 4.14. The van der Waals surface area contributed by atoms with Crippen molar-refractivity contribution in [1.29, 1.82) is 0 Å². The Bertz CT molecular complexity index is 1130. The number of aryl methyl sites for hydroxylation is 1. The van der Waals surface area contributed by atoms with Crippen molar-refractivity contribution in [2.75, 3.05) is 0 Å². The van der Waals surface area contributed by atoms with E-state index >= 15 is 0 Å². The molecule has 0 fully saturated rings. The van der Waals surface area contributed by atoms with E-state index in [0.717, 1.165) is 16.5 Å². The Morgan fingerprint density at radius 3 is 2.65 bits per heavy atom. The lowest BCUT2D eigenvalue weighted by atomic mass is 10.1. The van der Waals surface area contributed by atoms with Crippen LogP contribution in [0.1, 0.15) is 11.4 Å². The molecule has 0 aliphatic carbocycles. The number of aromatic nitrogens is 5. The minimum absolute atomic E-state index is 0.121. The van der Waals surface area contributed by atoms with Gasteiger partial charge in [-0.3, -0.25) is 4.79 Å². The Labute approximate surface area is 154 Å². The fourth-order valence-electron chi connectivity index (χ4n) is 2.73. The molecule has 7 heteroatoms. The molecule has 0 bridgehead atoms. The highest BCUT2D eigenvalue weighted by atomic mass is 32.2. The summed E-state index contributed by atoms with van der Waals surface area (Å²) in [7, 11) is 1.94. The van der Waals surface area contributed by atoms with E-state index in [0.29, 0.717) is 22.5 Å². The fourth-order valence-corrected chi connectivity index (χ4v) is 3.51. The second-order valence-electron chi connectivity index (χ2n) is 6.05. The van der Waals surface area contributed by atoms with Crippen molar-refractivity contribution in [3.05, 3.63) is 70.3 Å². The number of thioether (sulfide) groups is 1. The van der Waals surface area contributed by atoms with Crippen LogP contribution in [0.3, 0.4) is 0 Å². The van der Waals surface area contributed by atoms with Gasteiger partial charge in [-0.2, -0.15) is 0 Å². The largest absolute Gasteiger partial charge is 0.309 e. The lowest BCUT2D eigenvalue weighted by Crippen LogP contribution is -2.11. The molecule has 26 heavy (non-hydrogen) atoms. The zero-order valence-electron chi connectivity index (χ0n) is 14.4. The van der Waals surface area contributed by atoms with Crippen LogP contribution in [0.5, 0.6) is 0 Å². The summed E-state index contributed by atoms with van der Waals surface area (Å²) in [6.45, 7) is 2.05. The van der Waals surface area contributed by atoms with E-state index < -0.39 is 0 Å². The molecular formula is C19H17N5OS. The molecule has 130 valence electrons. The van der Waals surface area contributed by atoms with Crippen molar-refractivity contribution < 1.29 is 0 Å². The Morgan fingerprint density at radius 1 is 1.08 bits per heavy atom. The van der Waals surface area contributed by atoms with Crippen LogP contribution in [0.15, 0.2) is 58.5 Å². The molecule has 0 saturated heterocycles. The Kier molecular flexibility index (Phi) is 4.30. The molecule has 2 heterocycles. The lowest BCUT2D eigenvalue weighted by Gasteiger charge is -2.05. The van der Waals surface area contributed by atoms with Crippen LogP contribution >= 0.6 is 11.8 Å². The van der Waals surface area contributed by atoms with E-state index in [-0.39, 0.29) is 5.56 Å². The van der Waals surface area contributed by atoms with Gasteiger partial charge >= 0.3 is 0 Å². The molecular weight excluding hydrogens is 346 g/mol. The fraction of sp³-hybridized carbons (Fsp3) is 0.158. The molecule has 6 nitrogen and oxygen atoms in total. The third-order valence-corrected chi connectivity index (χ3v) is 5.18. The number of para-hydroxylation sites is 1. The van der Waals surface area contributed by atoms with E-state index in [2.05, 4.69) is 39.2 Å². The van der Waals surface area contributed by atoms with Crippen molar-refractivity contribution in [2.45, 2.75) is 17.8 Å². The SMILES string of the molecule is Cc1ccc(-c2nnc(SCc3nc4ccccc4c(=O)[nH]3)n2C)cc1. The summed E-state index contributed by atoms with van der Waals surface area (Å²) in [6, 6.07) is 15.5. The first-order chi connectivity index (χ1) is 12.6. The minimum atomic E-state index is -0.121. The van der Waals surface area contributed by atoms with E-state index in [9.17, 15) is 4.79 Å². The molecule has 4 rings (SSSR count). The zero-order valence-corrected chi connectivity index (χ0v) is 15.2. The van der Waals surface area contributed by atoms with Gasteiger partial charge in [0.25, 0.3) is 5.56 Å². The first-order valence-corrected chi connectivity index (χ1v) is 9.17. The van der Waals surface area contributed by atoms with Crippen LogP contribution in [0.2, 0.25) is 0 Å². The molecule has 0 radical (unpaired) electrons. The highest BCUT2D eigenvalue weighted by molar-refractivity contribution is 7.98. The highest BCUT2D eigenvalue weighted by Crippen LogP contribution is 2.24. The smallest absolute Gasteiger partial charge is 0.258 e. The molecule has 2 aromatic carbocycles. The summed E-state index contributed by atoms with van der Waals surface area (Å²) in [5, 5.41) is 9.94.